The van der Waals surface area contributed by atoms with E-state index in [9.17, 15) is 4.79 Å². The van der Waals surface area contributed by atoms with Gasteiger partial charge >= 0.3 is 0 Å². The monoisotopic (exact) mass is 350 g/mol. The Bertz CT molecular complexity index is 576. The third-order valence-corrected chi connectivity index (χ3v) is 4.75. The number of carbonyl (C=O) groups excluding carboxylic acids is 1. The van der Waals surface area contributed by atoms with E-state index < -0.39 is 0 Å². The smallest absolute Gasteiger partial charge is 0.217 e. The number of nitrogens with one attached hydrogen (secondary N) is 1. The Morgan fingerprint density at radius 2 is 2.25 bits per heavy atom. The largest absolute Gasteiger partial charge is 0.370 e. The Labute approximate surface area is 149 Å². The van der Waals surface area contributed by atoms with Gasteiger partial charge in [0.15, 0.2) is 5.96 Å². The van der Waals surface area contributed by atoms with Gasteiger partial charge < -0.3 is 16.0 Å². The van der Waals surface area contributed by atoms with Crippen LogP contribution >= 0.6 is 11.6 Å². The molecule has 0 spiro atoms. The van der Waals surface area contributed by atoms with Gasteiger partial charge in [0.05, 0.1) is 0 Å². The third kappa shape index (κ3) is 5.71. The van der Waals surface area contributed by atoms with E-state index in [1.807, 2.05) is 18.2 Å². The van der Waals surface area contributed by atoms with Crippen molar-refractivity contribution in [3.8, 4) is 0 Å². The summed E-state index contributed by atoms with van der Waals surface area (Å²) in [4.78, 5) is 17.7. The SMILES string of the molecule is CN=C(NCCCc1ccccc1Cl)N1CCCC(CC(N)=O)C1. The second-order valence-electron chi connectivity index (χ2n) is 6.29. The van der Waals surface area contributed by atoms with E-state index in [2.05, 4.69) is 21.3 Å². The van der Waals surface area contributed by atoms with Crippen LogP contribution < -0.4 is 11.1 Å². The molecule has 1 aromatic rings. The predicted molar refractivity (Wildman–Crippen MR) is 99.2 cm³/mol. The normalized spacial score (nSPS) is 18.5. The Kier molecular flexibility index (Phi) is 7.37. The zero-order valence-electron chi connectivity index (χ0n) is 14.3. The van der Waals surface area contributed by atoms with Crippen LogP contribution in [0.3, 0.4) is 0 Å². The molecule has 6 heteroatoms. The fourth-order valence-corrected chi connectivity index (χ4v) is 3.45. The van der Waals surface area contributed by atoms with Gasteiger partial charge in [0.25, 0.3) is 0 Å². The van der Waals surface area contributed by atoms with Crippen LogP contribution in [0.2, 0.25) is 5.02 Å². The highest BCUT2D eigenvalue weighted by Crippen LogP contribution is 2.19. The molecule has 0 radical (unpaired) electrons. The van der Waals surface area contributed by atoms with E-state index in [1.165, 1.54) is 5.56 Å². The van der Waals surface area contributed by atoms with Gasteiger partial charge in [0.1, 0.15) is 0 Å². The number of hydrogen-bond donors (Lipinski definition) is 2. The van der Waals surface area contributed by atoms with Crippen molar-refractivity contribution >= 4 is 23.5 Å². The summed E-state index contributed by atoms with van der Waals surface area (Å²) in [7, 11) is 1.80. The standard InChI is InChI=1S/C18H27ClN4O/c1-21-18(23-11-5-6-14(13-23)12-17(20)24)22-10-4-8-15-7-2-3-9-16(15)19/h2-3,7,9,14H,4-6,8,10-13H2,1H3,(H2,20,24)(H,21,22). The van der Waals surface area contributed by atoms with Crippen molar-refractivity contribution in [3.05, 3.63) is 34.9 Å². The molecule has 0 aromatic heterocycles. The van der Waals surface area contributed by atoms with Gasteiger partial charge in [0.2, 0.25) is 5.91 Å². The molecule has 5 nitrogen and oxygen atoms in total. The second-order valence-corrected chi connectivity index (χ2v) is 6.70. The summed E-state index contributed by atoms with van der Waals surface area (Å²) < 4.78 is 0. The number of aryl methyl sites for hydroxylation is 1. The topological polar surface area (TPSA) is 70.7 Å². The maximum atomic E-state index is 11.1. The molecule has 0 saturated carbocycles. The molecule has 1 aliphatic heterocycles. The van der Waals surface area contributed by atoms with Gasteiger partial charge in [-0.05, 0) is 43.2 Å². The average molecular weight is 351 g/mol. The van der Waals surface area contributed by atoms with Crippen molar-refractivity contribution in [2.24, 2.45) is 16.6 Å². The zero-order valence-corrected chi connectivity index (χ0v) is 15.1. The van der Waals surface area contributed by atoms with Crippen molar-refractivity contribution < 1.29 is 4.79 Å². The Morgan fingerprint density at radius 1 is 1.46 bits per heavy atom. The number of benzene rings is 1. The van der Waals surface area contributed by atoms with Crippen LogP contribution in [0.4, 0.5) is 0 Å². The number of aliphatic imine (C=N–C) groups is 1. The van der Waals surface area contributed by atoms with Gasteiger partial charge in [-0.25, -0.2) is 0 Å². The molecule has 3 N–H and O–H groups in total. The fourth-order valence-electron chi connectivity index (χ4n) is 3.22. The molecular weight excluding hydrogens is 324 g/mol. The highest BCUT2D eigenvalue weighted by atomic mass is 35.5. The molecule has 0 bridgehead atoms. The number of amides is 1. The van der Waals surface area contributed by atoms with E-state index in [-0.39, 0.29) is 5.91 Å². The minimum absolute atomic E-state index is 0.218. The highest BCUT2D eigenvalue weighted by molar-refractivity contribution is 6.31. The molecule has 1 aromatic carbocycles. The first kappa shape index (κ1) is 18.6. The highest BCUT2D eigenvalue weighted by Gasteiger charge is 2.23. The second kappa shape index (κ2) is 9.52. The van der Waals surface area contributed by atoms with E-state index in [4.69, 9.17) is 17.3 Å². The summed E-state index contributed by atoms with van der Waals surface area (Å²) in [6.45, 7) is 2.65. The van der Waals surface area contributed by atoms with Crippen LogP contribution in [0, 0.1) is 5.92 Å². The van der Waals surface area contributed by atoms with Crippen LogP contribution in [0.5, 0.6) is 0 Å². The molecule has 1 atom stereocenters. The van der Waals surface area contributed by atoms with Crippen molar-refractivity contribution in [1.29, 1.82) is 0 Å². The van der Waals surface area contributed by atoms with Gasteiger partial charge in [-0.15, -0.1) is 0 Å². The van der Waals surface area contributed by atoms with Crippen LogP contribution in [-0.4, -0.2) is 43.4 Å². The summed E-state index contributed by atoms with van der Waals surface area (Å²) in [5.74, 6) is 1.02. The lowest BCUT2D eigenvalue weighted by atomic mass is 9.95. The number of piperidine rings is 1. The van der Waals surface area contributed by atoms with Crippen LogP contribution in [0.25, 0.3) is 0 Å². The van der Waals surface area contributed by atoms with Crippen molar-refractivity contribution in [3.63, 3.8) is 0 Å². The molecule has 132 valence electrons. The summed E-state index contributed by atoms with van der Waals surface area (Å²) in [6, 6.07) is 7.96. The van der Waals surface area contributed by atoms with Crippen LogP contribution in [-0.2, 0) is 11.2 Å². The van der Waals surface area contributed by atoms with Crippen molar-refractivity contribution in [2.45, 2.75) is 32.1 Å². The van der Waals surface area contributed by atoms with E-state index in [0.717, 1.165) is 56.3 Å². The molecule has 2 rings (SSSR count). The number of hydrogen-bond acceptors (Lipinski definition) is 2. The summed E-state index contributed by atoms with van der Waals surface area (Å²) in [6.07, 6.45) is 4.51. The van der Waals surface area contributed by atoms with Crippen LogP contribution in [0.1, 0.15) is 31.2 Å². The van der Waals surface area contributed by atoms with E-state index >= 15 is 0 Å². The minimum atomic E-state index is -0.218. The fraction of sp³-hybridized carbons (Fsp3) is 0.556. The molecule has 1 unspecified atom stereocenters. The number of nitrogens with zero attached hydrogens (tertiary/aromatic N) is 2. The number of carbonyl (C=O) groups is 1. The Balaban J connectivity index is 1.77. The van der Waals surface area contributed by atoms with Crippen molar-refractivity contribution in [2.75, 3.05) is 26.7 Å². The quantitative estimate of drug-likeness (QED) is 0.470. The number of likely N-dealkylation sites (tertiary alicyclic amines) is 1. The molecular formula is C18H27ClN4O. The molecule has 24 heavy (non-hydrogen) atoms. The van der Waals surface area contributed by atoms with Gasteiger partial charge in [-0.1, -0.05) is 29.8 Å². The number of primary amides is 1. The van der Waals surface area contributed by atoms with Gasteiger partial charge in [-0.3, -0.25) is 9.79 Å². The maximum Gasteiger partial charge on any atom is 0.217 e. The molecule has 1 fully saturated rings. The summed E-state index contributed by atoms with van der Waals surface area (Å²) >= 11 is 6.18. The van der Waals surface area contributed by atoms with Crippen molar-refractivity contribution in [1.82, 2.24) is 10.2 Å². The molecule has 1 amide bonds. The van der Waals surface area contributed by atoms with Gasteiger partial charge in [-0.2, -0.15) is 0 Å². The molecule has 0 aliphatic carbocycles. The summed E-state index contributed by atoms with van der Waals surface area (Å²) in [5, 5.41) is 4.25. The van der Waals surface area contributed by atoms with Crippen LogP contribution in [0.15, 0.2) is 29.3 Å². The molecule has 1 aliphatic rings. The lowest BCUT2D eigenvalue weighted by molar-refractivity contribution is -0.119. The minimum Gasteiger partial charge on any atom is -0.370 e. The maximum absolute atomic E-state index is 11.1. The van der Waals surface area contributed by atoms with E-state index in [1.54, 1.807) is 7.05 Å². The number of guanidine groups is 1. The first-order chi connectivity index (χ1) is 11.6. The number of nitrogens with two attached hydrogens (primary N) is 1. The lowest BCUT2D eigenvalue weighted by Gasteiger charge is -2.34. The van der Waals surface area contributed by atoms with E-state index in [0.29, 0.717) is 12.3 Å². The summed E-state index contributed by atoms with van der Waals surface area (Å²) in [5.41, 5.74) is 6.51. The number of rotatable bonds is 6. The zero-order chi connectivity index (χ0) is 17.4. The molecule has 1 saturated heterocycles. The predicted octanol–water partition coefficient (Wildman–Crippen LogP) is 2.44. The van der Waals surface area contributed by atoms with Gasteiger partial charge in [0, 0.05) is 38.1 Å². The lowest BCUT2D eigenvalue weighted by Crippen LogP contribution is -2.47. The third-order valence-electron chi connectivity index (χ3n) is 4.38. The Hall–Kier alpha value is -1.75. The molecule has 1 heterocycles. The Morgan fingerprint density at radius 3 is 2.96 bits per heavy atom. The number of halogens is 1. The first-order valence-corrected chi connectivity index (χ1v) is 8.95. The first-order valence-electron chi connectivity index (χ1n) is 8.57. The average Bonchev–Trinajstić information content (AvgIpc) is 2.56.